The lowest BCUT2D eigenvalue weighted by Gasteiger charge is -2.71. The highest BCUT2D eigenvalue weighted by molar-refractivity contribution is 5.79. The lowest BCUT2D eigenvalue weighted by atomic mass is 9.33. The molecule has 5 heteroatoms. The SMILES string of the molecule is CCC(=O)O[C@@H]1C[C@]2(C)[C@H]3CC=C4[C@@H]5CC(C)(C)CC[C@]5(C(=O)OCc5ccccc5)CC[C@@]4(C)[C@]3(C)CC[C@H]2C(C)(C)[C@H]1O. The molecule has 1 aromatic carbocycles. The lowest BCUT2D eigenvalue weighted by molar-refractivity contribution is -0.238. The molecule has 0 unspecified atom stereocenters. The van der Waals surface area contributed by atoms with Crippen molar-refractivity contribution < 1.29 is 24.2 Å². The first-order valence-corrected chi connectivity index (χ1v) is 17.8. The largest absolute Gasteiger partial charge is 0.460 e. The number of aliphatic hydroxyl groups excluding tert-OH is 1. The quantitative estimate of drug-likeness (QED) is 0.264. The molecule has 5 nitrogen and oxygen atoms in total. The number of hydrogen-bond donors (Lipinski definition) is 1. The Hall–Kier alpha value is -2.14. The van der Waals surface area contributed by atoms with Gasteiger partial charge < -0.3 is 14.6 Å². The van der Waals surface area contributed by atoms with Crippen LogP contribution >= 0.6 is 0 Å². The zero-order valence-corrected chi connectivity index (χ0v) is 29.2. The number of fused-ring (bicyclic) bond motifs is 7. The second-order valence-corrected chi connectivity index (χ2v) is 17.8. The van der Waals surface area contributed by atoms with E-state index in [4.69, 9.17) is 9.47 Å². The molecule has 4 saturated carbocycles. The van der Waals surface area contributed by atoms with E-state index in [-0.39, 0.29) is 44.9 Å². The van der Waals surface area contributed by atoms with Crippen molar-refractivity contribution in [2.45, 2.75) is 138 Å². The van der Waals surface area contributed by atoms with Crippen LogP contribution in [0.1, 0.15) is 125 Å². The molecule has 5 aliphatic rings. The average Bonchev–Trinajstić information content (AvgIpc) is 2.99. The van der Waals surface area contributed by atoms with Gasteiger partial charge in [-0.15, -0.1) is 0 Å². The van der Waals surface area contributed by atoms with Crippen molar-refractivity contribution in [2.24, 2.45) is 50.2 Å². The highest BCUT2D eigenvalue weighted by Gasteiger charge is 2.70. The molecule has 5 aliphatic carbocycles. The van der Waals surface area contributed by atoms with Crippen LogP contribution in [0.5, 0.6) is 0 Å². The van der Waals surface area contributed by atoms with Gasteiger partial charge in [0.25, 0.3) is 0 Å². The van der Waals surface area contributed by atoms with Crippen molar-refractivity contribution >= 4 is 11.9 Å². The fraction of sp³-hybridized carbons (Fsp3) is 0.750. The number of carbonyl (C=O) groups is 2. The Morgan fingerprint density at radius 1 is 0.889 bits per heavy atom. The van der Waals surface area contributed by atoms with Crippen molar-refractivity contribution in [2.75, 3.05) is 0 Å². The third kappa shape index (κ3) is 4.87. The van der Waals surface area contributed by atoms with Gasteiger partial charge in [0.05, 0.1) is 11.5 Å². The molecule has 0 aromatic heterocycles. The van der Waals surface area contributed by atoms with Gasteiger partial charge in [-0.25, -0.2) is 0 Å². The molecule has 1 N–H and O–H groups in total. The van der Waals surface area contributed by atoms with Gasteiger partial charge in [-0.2, -0.15) is 0 Å². The summed E-state index contributed by atoms with van der Waals surface area (Å²) in [6, 6.07) is 10.1. The maximum atomic E-state index is 14.3. The predicted molar refractivity (Wildman–Crippen MR) is 177 cm³/mol. The van der Waals surface area contributed by atoms with Gasteiger partial charge in [0.2, 0.25) is 0 Å². The molecule has 0 bridgehead atoms. The molecule has 0 aliphatic heterocycles. The molecular weight excluding hydrogens is 560 g/mol. The Bertz CT molecular complexity index is 1350. The van der Waals surface area contributed by atoms with Gasteiger partial charge in [-0.3, -0.25) is 9.59 Å². The van der Waals surface area contributed by atoms with Crippen LogP contribution in [0.3, 0.4) is 0 Å². The summed E-state index contributed by atoms with van der Waals surface area (Å²) in [5.74, 6) is 0.713. The van der Waals surface area contributed by atoms with E-state index < -0.39 is 17.6 Å². The Morgan fingerprint density at radius 2 is 1.58 bits per heavy atom. The van der Waals surface area contributed by atoms with E-state index in [1.165, 1.54) is 5.57 Å². The number of esters is 2. The van der Waals surface area contributed by atoms with Gasteiger partial charge in [-0.05, 0) is 108 Å². The Balaban J connectivity index is 1.36. The summed E-state index contributed by atoms with van der Waals surface area (Å²) in [5.41, 5.74) is 1.86. The first kappa shape index (κ1) is 32.8. The highest BCUT2D eigenvalue weighted by atomic mass is 16.6. The van der Waals surface area contributed by atoms with Gasteiger partial charge in [0.1, 0.15) is 12.7 Å². The Labute approximate surface area is 271 Å². The molecule has 1 aromatic rings. The van der Waals surface area contributed by atoms with Crippen LogP contribution in [0, 0.1) is 50.2 Å². The van der Waals surface area contributed by atoms with Gasteiger partial charge in [-0.1, -0.05) is 97.4 Å². The van der Waals surface area contributed by atoms with E-state index in [0.717, 1.165) is 56.9 Å². The number of carbonyl (C=O) groups excluding carboxylic acids is 2. The number of benzene rings is 1. The first-order chi connectivity index (χ1) is 21.0. The minimum absolute atomic E-state index is 0.00125. The molecule has 0 radical (unpaired) electrons. The molecule has 45 heavy (non-hydrogen) atoms. The molecular formula is C40H58O5. The topological polar surface area (TPSA) is 72.8 Å². The lowest BCUT2D eigenvalue weighted by Crippen LogP contribution is -2.67. The van der Waals surface area contributed by atoms with Gasteiger partial charge in [0.15, 0.2) is 0 Å². The fourth-order valence-electron chi connectivity index (χ4n) is 11.9. The van der Waals surface area contributed by atoms with Gasteiger partial charge in [0, 0.05) is 6.42 Å². The van der Waals surface area contributed by atoms with Crippen molar-refractivity contribution in [1.29, 1.82) is 0 Å². The minimum atomic E-state index is -0.664. The van der Waals surface area contributed by atoms with Crippen molar-refractivity contribution in [1.82, 2.24) is 0 Å². The van der Waals surface area contributed by atoms with E-state index in [9.17, 15) is 14.7 Å². The second kappa shape index (κ2) is 11.0. The molecule has 0 saturated heterocycles. The first-order valence-electron chi connectivity index (χ1n) is 17.8. The standard InChI is InChI=1S/C40H58O5/c1-9-32(41)45-29-24-37(6)30(36(4,5)33(29)42)17-18-39(8)31(37)16-15-27-28-23-35(2,3)19-21-40(28,22-20-38(27,39)7)34(43)44-25-26-13-11-10-12-14-26/h10-15,28-31,33,42H,9,16-25H2,1-8H3/t28-,29+,30-,31+,33-,37-,38+,39+,40-/m0/s1. The smallest absolute Gasteiger partial charge is 0.313 e. The molecule has 0 spiro atoms. The fourth-order valence-corrected chi connectivity index (χ4v) is 11.9. The van der Waals surface area contributed by atoms with E-state index in [0.29, 0.717) is 31.3 Å². The van der Waals surface area contributed by atoms with Crippen LogP contribution in [0.2, 0.25) is 0 Å². The summed E-state index contributed by atoms with van der Waals surface area (Å²) in [6.07, 6.45) is 10.4. The summed E-state index contributed by atoms with van der Waals surface area (Å²) in [4.78, 5) is 26.8. The van der Waals surface area contributed by atoms with E-state index in [1.54, 1.807) is 0 Å². The number of rotatable bonds is 5. The second-order valence-electron chi connectivity index (χ2n) is 17.8. The van der Waals surface area contributed by atoms with Crippen LogP contribution < -0.4 is 0 Å². The highest BCUT2D eigenvalue weighted by Crippen LogP contribution is 2.76. The van der Waals surface area contributed by atoms with E-state index >= 15 is 0 Å². The zero-order chi connectivity index (χ0) is 32.6. The zero-order valence-electron chi connectivity index (χ0n) is 29.2. The molecule has 9 atom stereocenters. The van der Waals surface area contributed by atoms with Crippen molar-refractivity contribution in [3.8, 4) is 0 Å². The summed E-state index contributed by atoms with van der Waals surface area (Å²) in [5, 5.41) is 11.5. The Kier molecular flexibility index (Phi) is 7.98. The minimum Gasteiger partial charge on any atom is -0.460 e. The average molecular weight is 619 g/mol. The van der Waals surface area contributed by atoms with Crippen LogP contribution in [0.25, 0.3) is 0 Å². The predicted octanol–water partition coefficient (Wildman–Crippen LogP) is 8.82. The van der Waals surface area contributed by atoms with Crippen molar-refractivity contribution in [3.05, 3.63) is 47.5 Å². The molecule has 6 rings (SSSR count). The number of aliphatic hydroxyl groups is 1. The van der Waals surface area contributed by atoms with E-state index in [1.807, 2.05) is 37.3 Å². The summed E-state index contributed by atoms with van der Waals surface area (Å²) in [6.45, 7) is 18.8. The molecule has 248 valence electrons. The van der Waals surface area contributed by atoms with Crippen LogP contribution in [-0.4, -0.2) is 29.3 Å². The van der Waals surface area contributed by atoms with Crippen LogP contribution in [-0.2, 0) is 25.7 Å². The summed E-state index contributed by atoms with van der Waals surface area (Å²) >= 11 is 0. The maximum absolute atomic E-state index is 14.3. The van der Waals surface area contributed by atoms with E-state index in [2.05, 4.69) is 54.5 Å². The monoisotopic (exact) mass is 618 g/mol. The van der Waals surface area contributed by atoms with Crippen LogP contribution in [0.4, 0.5) is 0 Å². The molecule has 0 heterocycles. The number of hydrogen-bond acceptors (Lipinski definition) is 5. The normalized spacial score (nSPS) is 43.0. The van der Waals surface area contributed by atoms with Crippen LogP contribution in [0.15, 0.2) is 42.0 Å². The molecule has 0 amide bonds. The van der Waals surface area contributed by atoms with Gasteiger partial charge >= 0.3 is 11.9 Å². The summed E-state index contributed by atoms with van der Waals surface area (Å²) in [7, 11) is 0. The third-order valence-electron chi connectivity index (χ3n) is 14.7. The van der Waals surface area contributed by atoms with Crippen molar-refractivity contribution in [3.63, 3.8) is 0 Å². The summed E-state index contributed by atoms with van der Waals surface area (Å²) < 4.78 is 12.2. The molecule has 4 fully saturated rings. The third-order valence-corrected chi connectivity index (χ3v) is 14.7. The number of allylic oxidation sites excluding steroid dienone is 2. The maximum Gasteiger partial charge on any atom is 0.313 e. The Morgan fingerprint density at radius 3 is 2.27 bits per heavy atom. The number of ether oxygens (including phenoxy) is 2.